The highest BCUT2D eigenvalue weighted by Gasteiger charge is 2.29. The van der Waals surface area contributed by atoms with Crippen LogP contribution in [0.25, 0.3) is 27.8 Å². The SMILES string of the molecule is CC(C)(C)N1CCC(c2cc(-c3ccccc3)c3ccc(=O)n(-c4c(Cl)cccc4Cl)c3n2)CC1. The molecule has 0 saturated carbocycles. The van der Waals surface area contributed by atoms with Gasteiger partial charge in [-0.05, 0) is 82.1 Å². The predicted octanol–water partition coefficient (Wildman–Crippen LogP) is 7.34. The van der Waals surface area contributed by atoms with Gasteiger partial charge < -0.3 is 0 Å². The third-order valence-electron chi connectivity index (χ3n) is 6.99. The minimum absolute atomic E-state index is 0.151. The van der Waals surface area contributed by atoms with Crippen LogP contribution in [0, 0.1) is 0 Å². The molecule has 6 heteroatoms. The van der Waals surface area contributed by atoms with E-state index < -0.39 is 0 Å². The minimum Gasteiger partial charge on any atom is -0.298 e. The maximum atomic E-state index is 13.2. The number of fused-ring (bicyclic) bond motifs is 1. The lowest BCUT2D eigenvalue weighted by Crippen LogP contribution is -2.45. The molecule has 180 valence electrons. The largest absolute Gasteiger partial charge is 0.298 e. The Hall–Kier alpha value is -2.66. The second-order valence-corrected chi connectivity index (χ2v) is 11.0. The highest BCUT2D eigenvalue weighted by molar-refractivity contribution is 6.37. The van der Waals surface area contributed by atoms with E-state index in [4.69, 9.17) is 28.2 Å². The number of benzene rings is 2. The van der Waals surface area contributed by atoms with E-state index in [2.05, 4.69) is 43.9 Å². The summed E-state index contributed by atoms with van der Waals surface area (Å²) in [6.45, 7) is 8.84. The molecule has 35 heavy (non-hydrogen) atoms. The molecule has 0 radical (unpaired) electrons. The second-order valence-electron chi connectivity index (χ2n) is 10.2. The first-order chi connectivity index (χ1) is 16.7. The van der Waals surface area contributed by atoms with Gasteiger partial charge in [-0.25, -0.2) is 4.98 Å². The fourth-order valence-corrected chi connectivity index (χ4v) is 5.63. The molecule has 1 saturated heterocycles. The lowest BCUT2D eigenvalue weighted by Gasteiger charge is -2.40. The van der Waals surface area contributed by atoms with Crippen LogP contribution in [-0.2, 0) is 0 Å². The third-order valence-corrected chi connectivity index (χ3v) is 7.60. The lowest BCUT2D eigenvalue weighted by atomic mass is 9.88. The molecule has 1 aliphatic heterocycles. The summed E-state index contributed by atoms with van der Waals surface area (Å²) in [6.07, 6.45) is 2.04. The standard InChI is InChI=1S/C29H29Cl2N3O/c1-29(2,3)33-16-14-20(15-17-33)25-18-22(19-8-5-4-6-9-19)21-12-13-26(35)34(28(21)32-25)27-23(30)10-7-11-24(27)31/h4-13,18,20H,14-17H2,1-3H3. The van der Waals surface area contributed by atoms with Gasteiger partial charge in [0.15, 0.2) is 0 Å². The Morgan fingerprint density at radius 2 is 1.54 bits per heavy atom. The summed E-state index contributed by atoms with van der Waals surface area (Å²) < 4.78 is 1.57. The Morgan fingerprint density at radius 3 is 2.17 bits per heavy atom. The molecule has 0 spiro atoms. The van der Waals surface area contributed by atoms with Crippen molar-refractivity contribution in [3.63, 3.8) is 0 Å². The first-order valence-corrected chi connectivity index (χ1v) is 12.8. The molecule has 5 rings (SSSR count). The molecule has 0 amide bonds. The van der Waals surface area contributed by atoms with Crippen LogP contribution in [0.1, 0.15) is 45.2 Å². The van der Waals surface area contributed by atoms with Gasteiger partial charge in [-0.3, -0.25) is 14.3 Å². The fraction of sp³-hybridized carbons (Fsp3) is 0.310. The lowest BCUT2D eigenvalue weighted by molar-refractivity contribution is 0.102. The van der Waals surface area contributed by atoms with Gasteiger partial charge in [0.1, 0.15) is 5.65 Å². The van der Waals surface area contributed by atoms with Crippen LogP contribution in [0.4, 0.5) is 0 Å². The number of rotatable bonds is 3. The monoisotopic (exact) mass is 505 g/mol. The topological polar surface area (TPSA) is 38.1 Å². The molecule has 0 bridgehead atoms. The first-order valence-electron chi connectivity index (χ1n) is 12.1. The van der Waals surface area contributed by atoms with Crippen LogP contribution in [0.15, 0.2) is 71.5 Å². The number of halogens is 2. The number of nitrogens with zero attached hydrogens (tertiary/aromatic N) is 3. The van der Waals surface area contributed by atoms with Gasteiger partial charge >= 0.3 is 0 Å². The van der Waals surface area contributed by atoms with Crippen LogP contribution in [-0.4, -0.2) is 33.1 Å². The number of piperidine rings is 1. The van der Waals surface area contributed by atoms with Gasteiger partial charge in [0.05, 0.1) is 15.7 Å². The molecule has 1 aliphatic rings. The summed E-state index contributed by atoms with van der Waals surface area (Å²) in [5, 5.41) is 1.72. The number of hydrogen-bond donors (Lipinski definition) is 0. The summed E-state index contributed by atoms with van der Waals surface area (Å²) in [5.41, 5.74) is 4.15. The smallest absolute Gasteiger partial charge is 0.256 e. The van der Waals surface area contributed by atoms with Crippen LogP contribution in [0.5, 0.6) is 0 Å². The second kappa shape index (κ2) is 9.42. The van der Waals surface area contributed by atoms with Crippen LogP contribution < -0.4 is 5.56 Å². The Kier molecular flexibility index (Phi) is 6.47. The van der Waals surface area contributed by atoms with Gasteiger partial charge in [0.25, 0.3) is 5.56 Å². The first kappa shape index (κ1) is 24.1. The van der Waals surface area contributed by atoms with Gasteiger partial charge in [0.2, 0.25) is 0 Å². The summed E-state index contributed by atoms with van der Waals surface area (Å²) >= 11 is 13.1. The highest BCUT2D eigenvalue weighted by atomic mass is 35.5. The zero-order valence-corrected chi connectivity index (χ0v) is 21.8. The van der Waals surface area contributed by atoms with E-state index in [0.29, 0.717) is 27.3 Å². The molecule has 2 aromatic carbocycles. The van der Waals surface area contributed by atoms with Crippen LogP contribution >= 0.6 is 23.2 Å². The molecule has 0 N–H and O–H groups in total. The van der Waals surface area contributed by atoms with Crippen LogP contribution in [0.2, 0.25) is 10.0 Å². The molecular weight excluding hydrogens is 477 g/mol. The minimum atomic E-state index is -0.210. The van der Waals surface area contributed by atoms with E-state index in [0.717, 1.165) is 48.1 Å². The Labute approximate surface area is 216 Å². The number of hydrogen-bond acceptors (Lipinski definition) is 3. The van der Waals surface area contributed by atoms with Crippen molar-refractivity contribution in [1.29, 1.82) is 0 Å². The number of para-hydroxylation sites is 1. The van der Waals surface area contributed by atoms with Crippen molar-refractivity contribution in [2.45, 2.75) is 45.1 Å². The van der Waals surface area contributed by atoms with Crippen molar-refractivity contribution in [3.8, 4) is 16.8 Å². The molecule has 4 nitrogen and oxygen atoms in total. The number of pyridine rings is 2. The molecule has 0 aliphatic carbocycles. The maximum Gasteiger partial charge on any atom is 0.256 e. The fourth-order valence-electron chi connectivity index (χ4n) is 5.06. The Balaban J connectivity index is 1.74. The van der Waals surface area contributed by atoms with Crippen molar-refractivity contribution in [2.24, 2.45) is 0 Å². The predicted molar refractivity (Wildman–Crippen MR) is 146 cm³/mol. The normalized spacial score (nSPS) is 15.6. The maximum absolute atomic E-state index is 13.2. The summed E-state index contributed by atoms with van der Waals surface area (Å²) in [4.78, 5) is 20.9. The summed E-state index contributed by atoms with van der Waals surface area (Å²) in [5.74, 6) is 0.311. The summed E-state index contributed by atoms with van der Waals surface area (Å²) in [6, 6.07) is 21.2. The number of likely N-dealkylation sites (tertiary alicyclic amines) is 1. The molecular formula is C29H29Cl2N3O. The number of aromatic nitrogens is 2. The van der Waals surface area contributed by atoms with Crippen molar-refractivity contribution in [3.05, 3.63) is 92.8 Å². The van der Waals surface area contributed by atoms with E-state index in [-0.39, 0.29) is 11.1 Å². The van der Waals surface area contributed by atoms with Gasteiger partial charge in [0, 0.05) is 28.6 Å². The Morgan fingerprint density at radius 1 is 0.886 bits per heavy atom. The van der Waals surface area contributed by atoms with Gasteiger partial charge in [-0.15, -0.1) is 0 Å². The van der Waals surface area contributed by atoms with Crippen LogP contribution in [0.3, 0.4) is 0 Å². The van der Waals surface area contributed by atoms with Gasteiger partial charge in [-0.2, -0.15) is 0 Å². The zero-order valence-electron chi connectivity index (χ0n) is 20.3. The summed E-state index contributed by atoms with van der Waals surface area (Å²) in [7, 11) is 0. The molecule has 3 heterocycles. The van der Waals surface area contributed by atoms with E-state index in [1.54, 1.807) is 28.8 Å². The van der Waals surface area contributed by atoms with Crippen molar-refractivity contribution >= 4 is 34.2 Å². The Bertz CT molecular complexity index is 1410. The highest BCUT2D eigenvalue weighted by Crippen LogP contribution is 2.37. The van der Waals surface area contributed by atoms with E-state index in [9.17, 15) is 4.79 Å². The molecule has 1 fully saturated rings. The van der Waals surface area contributed by atoms with E-state index >= 15 is 0 Å². The van der Waals surface area contributed by atoms with Gasteiger partial charge in [-0.1, -0.05) is 59.6 Å². The molecule has 4 aromatic rings. The van der Waals surface area contributed by atoms with Crippen molar-refractivity contribution < 1.29 is 0 Å². The quantitative estimate of drug-likeness (QED) is 0.292. The average molecular weight is 506 g/mol. The molecule has 0 atom stereocenters. The molecule has 0 unspecified atom stereocenters. The van der Waals surface area contributed by atoms with E-state index in [1.807, 2.05) is 24.3 Å². The zero-order chi connectivity index (χ0) is 24.7. The third kappa shape index (κ3) is 4.63. The average Bonchev–Trinajstić information content (AvgIpc) is 2.84. The van der Waals surface area contributed by atoms with Crippen molar-refractivity contribution in [1.82, 2.24) is 14.5 Å². The van der Waals surface area contributed by atoms with E-state index in [1.165, 1.54) is 0 Å². The molecule has 2 aromatic heterocycles. The van der Waals surface area contributed by atoms with Crippen molar-refractivity contribution in [2.75, 3.05) is 13.1 Å².